The monoisotopic (exact) mass is 283 g/mol. The Hall–Kier alpha value is -0.910. The van der Waals surface area contributed by atoms with Crippen LogP contribution in [-0.4, -0.2) is 38.9 Å². The zero-order valence-corrected chi connectivity index (χ0v) is 12.7. The van der Waals surface area contributed by atoms with Gasteiger partial charge in [-0.25, -0.2) is 8.42 Å². The number of piperazine rings is 1. The van der Waals surface area contributed by atoms with E-state index in [0.29, 0.717) is 18.0 Å². The van der Waals surface area contributed by atoms with Gasteiger partial charge >= 0.3 is 0 Å². The van der Waals surface area contributed by atoms with Crippen LogP contribution in [0.2, 0.25) is 0 Å². The smallest absolute Gasteiger partial charge is 0.243 e. The molecular weight excluding hydrogens is 260 g/mol. The van der Waals surface area contributed by atoms with Crippen LogP contribution in [-0.2, 0) is 15.4 Å². The highest BCUT2D eigenvalue weighted by molar-refractivity contribution is 7.89. The van der Waals surface area contributed by atoms with Gasteiger partial charge in [0.1, 0.15) is 0 Å². The first-order valence-electron chi connectivity index (χ1n) is 6.74. The normalized spacial score (nSPS) is 18.5. The first-order chi connectivity index (χ1) is 8.82. The van der Waals surface area contributed by atoms with E-state index in [9.17, 15) is 8.42 Å². The van der Waals surface area contributed by atoms with Gasteiger partial charge in [-0.15, -0.1) is 0 Å². The van der Waals surface area contributed by atoms with Crippen LogP contribution in [0.15, 0.2) is 29.2 Å². The molecule has 1 aliphatic heterocycles. The van der Waals surface area contributed by atoms with Crippen molar-refractivity contribution in [3.63, 3.8) is 0 Å². The lowest BCUT2D eigenvalue weighted by Crippen LogP contribution is -2.89. The van der Waals surface area contributed by atoms with Crippen LogP contribution in [0.25, 0.3) is 0 Å². The summed E-state index contributed by atoms with van der Waals surface area (Å²) in [6.07, 6.45) is 0. The van der Waals surface area contributed by atoms with E-state index in [1.54, 1.807) is 16.4 Å². The molecule has 0 atom stereocenters. The van der Waals surface area contributed by atoms with Crippen LogP contribution < -0.4 is 5.32 Å². The minimum atomic E-state index is -3.31. The molecule has 19 heavy (non-hydrogen) atoms. The molecule has 0 radical (unpaired) electrons. The molecule has 0 spiro atoms. The van der Waals surface area contributed by atoms with Gasteiger partial charge in [0.25, 0.3) is 0 Å². The zero-order valence-electron chi connectivity index (χ0n) is 11.9. The highest BCUT2D eigenvalue weighted by atomic mass is 32.2. The van der Waals surface area contributed by atoms with Gasteiger partial charge in [-0.3, -0.25) is 0 Å². The number of hydrogen-bond donors (Lipinski definition) is 1. The number of benzene rings is 1. The second kappa shape index (κ2) is 5.23. The van der Waals surface area contributed by atoms with Gasteiger partial charge < -0.3 is 5.32 Å². The largest absolute Gasteiger partial charge is 0.344 e. The molecule has 106 valence electrons. The van der Waals surface area contributed by atoms with Crippen molar-refractivity contribution in [3.05, 3.63) is 29.8 Å². The van der Waals surface area contributed by atoms with Crippen LogP contribution in [0, 0.1) is 0 Å². The van der Waals surface area contributed by atoms with E-state index in [1.165, 1.54) is 0 Å². The molecule has 1 heterocycles. The Morgan fingerprint density at radius 1 is 1.05 bits per heavy atom. The maximum Gasteiger partial charge on any atom is 0.243 e. The topological polar surface area (TPSA) is 54.0 Å². The maximum absolute atomic E-state index is 12.5. The quantitative estimate of drug-likeness (QED) is 0.862. The van der Waals surface area contributed by atoms with Crippen molar-refractivity contribution in [2.24, 2.45) is 0 Å². The Balaban J connectivity index is 2.26. The van der Waals surface area contributed by atoms with Crippen molar-refractivity contribution in [2.75, 3.05) is 26.2 Å². The number of rotatable bonds is 2. The summed E-state index contributed by atoms with van der Waals surface area (Å²) in [6.45, 7) is 9.26. The Bertz CT molecular complexity index is 524. The van der Waals surface area contributed by atoms with Crippen LogP contribution in [0.3, 0.4) is 0 Å². The van der Waals surface area contributed by atoms with Crippen molar-refractivity contribution in [1.29, 1.82) is 0 Å². The summed E-state index contributed by atoms with van der Waals surface area (Å²) in [5.74, 6) is 0. The van der Waals surface area contributed by atoms with Crippen molar-refractivity contribution in [2.45, 2.75) is 31.1 Å². The average molecular weight is 283 g/mol. The molecule has 0 bridgehead atoms. The van der Waals surface area contributed by atoms with Crippen LogP contribution >= 0.6 is 0 Å². The second-order valence-corrected chi connectivity index (χ2v) is 7.98. The predicted molar refractivity (Wildman–Crippen MR) is 75.6 cm³/mol. The van der Waals surface area contributed by atoms with Crippen molar-refractivity contribution in [1.82, 2.24) is 4.31 Å². The molecule has 2 N–H and O–H groups in total. The average Bonchev–Trinajstić information content (AvgIpc) is 2.39. The Labute approximate surface area is 115 Å². The summed E-state index contributed by atoms with van der Waals surface area (Å²) in [7, 11) is -3.31. The molecule has 0 saturated carbocycles. The molecule has 5 heteroatoms. The summed E-state index contributed by atoms with van der Waals surface area (Å²) < 4.78 is 26.5. The molecule has 1 aliphatic rings. The summed E-state index contributed by atoms with van der Waals surface area (Å²) in [4.78, 5) is 0.405. The van der Waals surface area contributed by atoms with Gasteiger partial charge in [-0.1, -0.05) is 32.9 Å². The third kappa shape index (κ3) is 3.16. The lowest BCUT2D eigenvalue weighted by Gasteiger charge is -2.25. The molecule has 0 aliphatic carbocycles. The highest BCUT2D eigenvalue weighted by Crippen LogP contribution is 2.24. The van der Waals surface area contributed by atoms with E-state index in [2.05, 4.69) is 26.1 Å². The van der Waals surface area contributed by atoms with Gasteiger partial charge in [-0.2, -0.15) is 4.31 Å². The molecule has 4 nitrogen and oxygen atoms in total. The first kappa shape index (κ1) is 14.5. The van der Waals surface area contributed by atoms with E-state index in [1.807, 2.05) is 12.1 Å². The van der Waals surface area contributed by atoms with E-state index in [-0.39, 0.29) is 5.41 Å². The number of sulfonamides is 1. The molecule has 2 rings (SSSR count). The fourth-order valence-electron chi connectivity index (χ4n) is 2.24. The van der Waals surface area contributed by atoms with Crippen molar-refractivity contribution >= 4 is 10.0 Å². The Morgan fingerprint density at radius 2 is 1.58 bits per heavy atom. The fourth-order valence-corrected chi connectivity index (χ4v) is 3.71. The van der Waals surface area contributed by atoms with E-state index >= 15 is 0 Å². The van der Waals surface area contributed by atoms with Gasteiger partial charge in [0.15, 0.2) is 0 Å². The third-order valence-electron chi connectivity index (χ3n) is 3.52. The maximum atomic E-state index is 12.5. The number of nitrogens with zero attached hydrogens (tertiary/aromatic N) is 1. The number of nitrogens with two attached hydrogens (primary N) is 1. The lowest BCUT2D eigenvalue weighted by molar-refractivity contribution is -0.661. The minimum Gasteiger partial charge on any atom is -0.344 e. The van der Waals surface area contributed by atoms with Crippen LogP contribution in [0.1, 0.15) is 26.3 Å². The van der Waals surface area contributed by atoms with E-state index in [0.717, 1.165) is 18.7 Å². The number of hydrogen-bond acceptors (Lipinski definition) is 2. The SMILES string of the molecule is CC(C)(C)c1ccc(S(=O)(=O)N2CC[NH2+]CC2)cc1. The molecule has 1 aromatic rings. The molecule has 1 saturated heterocycles. The van der Waals surface area contributed by atoms with Crippen LogP contribution in [0.4, 0.5) is 0 Å². The zero-order chi connectivity index (χ0) is 14.1. The lowest BCUT2D eigenvalue weighted by atomic mass is 9.87. The standard InChI is InChI=1S/C14H22N2O2S/c1-14(2,3)12-4-6-13(7-5-12)19(17,18)16-10-8-15-9-11-16/h4-7,15H,8-11H2,1-3H3/p+1. The predicted octanol–water partition coefficient (Wildman–Crippen LogP) is 0.552. The summed E-state index contributed by atoms with van der Waals surface area (Å²) in [6, 6.07) is 7.30. The van der Waals surface area contributed by atoms with Crippen molar-refractivity contribution in [3.8, 4) is 0 Å². The molecular formula is C14H23N2O2S+. The minimum absolute atomic E-state index is 0.0440. The Kier molecular flexibility index (Phi) is 3.99. The molecule has 0 unspecified atom stereocenters. The van der Waals surface area contributed by atoms with Gasteiger partial charge in [0.05, 0.1) is 31.1 Å². The summed E-state index contributed by atoms with van der Waals surface area (Å²) in [5.41, 5.74) is 1.20. The van der Waals surface area contributed by atoms with Crippen LogP contribution in [0.5, 0.6) is 0 Å². The van der Waals surface area contributed by atoms with Gasteiger partial charge in [0, 0.05) is 0 Å². The fraction of sp³-hybridized carbons (Fsp3) is 0.571. The molecule has 0 aromatic heterocycles. The molecule has 0 amide bonds. The van der Waals surface area contributed by atoms with Gasteiger partial charge in [0.2, 0.25) is 10.0 Å². The second-order valence-electron chi connectivity index (χ2n) is 6.04. The Morgan fingerprint density at radius 3 is 2.05 bits per heavy atom. The van der Waals surface area contributed by atoms with E-state index in [4.69, 9.17) is 0 Å². The number of quaternary nitrogens is 1. The molecule has 1 fully saturated rings. The first-order valence-corrected chi connectivity index (χ1v) is 8.18. The van der Waals surface area contributed by atoms with Gasteiger partial charge in [-0.05, 0) is 23.1 Å². The van der Waals surface area contributed by atoms with E-state index < -0.39 is 10.0 Å². The summed E-state index contributed by atoms with van der Waals surface area (Å²) in [5, 5.41) is 2.15. The molecule has 1 aromatic carbocycles. The third-order valence-corrected chi connectivity index (χ3v) is 5.44. The highest BCUT2D eigenvalue weighted by Gasteiger charge is 2.27. The van der Waals surface area contributed by atoms with Crippen molar-refractivity contribution < 1.29 is 13.7 Å². The summed E-state index contributed by atoms with van der Waals surface area (Å²) >= 11 is 0.